The van der Waals surface area contributed by atoms with Gasteiger partial charge in [0.05, 0.1) is 25.5 Å². The Labute approximate surface area is 139 Å². The van der Waals surface area contributed by atoms with E-state index in [4.69, 9.17) is 5.11 Å². The lowest BCUT2D eigenvalue weighted by molar-refractivity contribution is 0.0306. The highest BCUT2D eigenvalue weighted by Gasteiger charge is 2.34. The molecule has 0 spiro atoms. The summed E-state index contributed by atoms with van der Waals surface area (Å²) in [5.74, 6) is 0. The van der Waals surface area contributed by atoms with E-state index in [9.17, 15) is 5.11 Å². The number of aliphatic hydroxyl groups is 2. The van der Waals surface area contributed by atoms with Crippen molar-refractivity contribution in [1.29, 1.82) is 0 Å². The van der Waals surface area contributed by atoms with Gasteiger partial charge < -0.3 is 10.2 Å². The third-order valence-corrected chi connectivity index (χ3v) is 4.79. The van der Waals surface area contributed by atoms with Crippen LogP contribution in [-0.4, -0.2) is 51.2 Å². The van der Waals surface area contributed by atoms with E-state index < -0.39 is 0 Å². The molecule has 1 aliphatic rings. The summed E-state index contributed by atoms with van der Waals surface area (Å²) >= 11 is 0. The van der Waals surface area contributed by atoms with Gasteiger partial charge in [0, 0.05) is 30.3 Å². The zero-order valence-electron chi connectivity index (χ0n) is 14.8. The average molecular weight is 321 g/mol. The lowest BCUT2D eigenvalue weighted by Crippen LogP contribution is -2.44. The molecule has 0 bridgehead atoms. The summed E-state index contributed by atoms with van der Waals surface area (Å²) < 4.78 is 1.82. The van der Waals surface area contributed by atoms with E-state index in [0.717, 1.165) is 44.6 Å². The van der Waals surface area contributed by atoms with Gasteiger partial charge in [-0.3, -0.25) is 9.58 Å². The second-order valence-corrected chi connectivity index (χ2v) is 7.18. The number of rotatable bonds is 7. The third kappa shape index (κ3) is 4.90. The Morgan fingerprint density at radius 2 is 2.17 bits per heavy atom. The highest BCUT2D eigenvalue weighted by atomic mass is 16.3. The van der Waals surface area contributed by atoms with Crippen LogP contribution in [0.3, 0.4) is 0 Å². The van der Waals surface area contributed by atoms with Gasteiger partial charge in [-0.2, -0.15) is 5.10 Å². The molecular weight excluding hydrogens is 290 g/mol. The van der Waals surface area contributed by atoms with Gasteiger partial charge in [-0.15, -0.1) is 0 Å². The topological polar surface area (TPSA) is 61.5 Å². The Kier molecular flexibility index (Phi) is 6.39. The predicted octanol–water partition coefficient (Wildman–Crippen LogP) is 2.11. The van der Waals surface area contributed by atoms with Gasteiger partial charge >= 0.3 is 0 Å². The number of aliphatic hydroxyl groups excluding tert-OH is 2. The van der Waals surface area contributed by atoms with Gasteiger partial charge in [0.1, 0.15) is 0 Å². The van der Waals surface area contributed by atoms with Crippen LogP contribution >= 0.6 is 0 Å². The summed E-state index contributed by atoms with van der Waals surface area (Å²) in [6.45, 7) is 10.0. The van der Waals surface area contributed by atoms with E-state index in [2.05, 4.69) is 29.9 Å². The first-order chi connectivity index (χ1) is 11.0. The molecule has 5 heteroatoms. The van der Waals surface area contributed by atoms with E-state index in [1.54, 1.807) is 0 Å². The molecule has 1 saturated heterocycles. The van der Waals surface area contributed by atoms with Crippen molar-refractivity contribution < 1.29 is 10.2 Å². The zero-order valence-corrected chi connectivity index (χ0v) is 14.8. The first kappa shape index (κ1) is 18.2. The quantitative estimate of drug-likeness (QED) is 0.755. The smallest absolute Gasteiger partial charge is 0.0641 e. The van der Waals surface area contributed by atoms with Crippen molar-refractivity contribution in [1.82, 2.24) is 14.7 Å². The first-order valence-corrected chi connectivity index (χ1v) is 8.58. The number of aromatic nitrogens is 2. The van der Waals surface area contributed by atoms with Gasteiger partial charge in [-0.25, -0.2) is 0 Å². The van der Waals surface area contributed by atoms with E-state index in [1.165, 1.54) is 11.1 Å². The molecular formula is C18H31N3O2. The number of nitrogens with zero attached hydrogens (tertiary/aromatic N) is 3. The highest BCUT2D eigenvalue weighted by Crippen LogP contribution is 2.34. The van der Waals surface area contributed by atoms with Crippen LogP contribution in [0.5, 0.6) is 0 Å². The van der Waals surface area contributed by atoms with E-state index in [-0.39, 0.29) is 18.6 Å². The molecule has 1 atom stereocenters. The molecule has 130 valence electrons. The maximum atomic E-state index is 9.97. The van der Waals surface area contributed by atoms with Crippen LogP contribution in [0.15, 0.2) is 17.8 Å². The number of likely N-dealkylation sites (tertiary alicyclic amines) is 1. The summed E-state index contributed by atoms with van der Waals surface area (Å²) in [7, 11) is 0. The van der Waals surface area contributed by atoms with Crippen LogP contribution in [0.2, 0.25) is 0 Å². The van der Waals surface area contributed by atoms with Crippen LogP contribution in [0, 0.1) is 12.3 Å². The third-order valence-electron chi connectivity index (χ3n) is 4.79. The van der Waals surface area contributed by atoms with Gasteiger partial charge in [-0.1, -0.05) is 11.6 Å². The van der Waals surface area contributed by atoms with Crippen LogP contribution in [0.25, 0.3) is 0 Å². The fraction of sp³-hybridized carbons (Fsp3) is 0.722. The lowest BCUT2D eigenvalue weighted by Gasteiger charge is -2.41. The monoisotopic (exact) mass is 321 g/mol. The highest BCUT2D eigenvalue weighted by molar-refractivity contribution is 5.15. The summed E-state index contributed by atoms with van der Waals surface area (Å²) in [5, 5.41) is 23.5. The molecule has 2 rings (SSSR count). The molecule has 1 fully saturated rings. The van der Waals surface area contributed by atoms with E-state index >= 15 is 0 Å². The number of allylic oxidation sites excluding steroid dienone is 2. The molecule has 0 radical (unpaired) electrons. The van der Waals surface area contributed by atoms with Crippen molar-refractivity contribution in [2.45, 2.75) is 53.1 Å². The minimum atomic E-state index is -0.00941. The molecule has 23 heavy (non-hydrogen) atoms. The lowest BCUT2D eigenvalue weighted by atomic mass is 9.77. The Hall–Kier alpha value is -1.17. The van der Waals surface area contributed by atoms with Crippen LogP contribution in [-0.2, 0) is 13.1 Å². The molecule has 1 aromatic heterocycles. The summed E-state index contributed by atoms with van der Waals surface area (Å²) in [4.78, 5) is 2.44. The average Bonchev–Trinajstić information content (AvgIpc) is 2.86. The fourth-order valence-corrected chi connectivity index (χ4v) is 3.40. The number of hydrogen-bond acceptors (Lipinski definition) is 4. The second-order valence-electron chi connectivity index (χ2n) is 7.18. The van der Waals surface area contributed by atoms with Gasteiger partial charge in [0.25, 0.3) is 0 Å². The summed E-state index contributed by atoms with van der Waals surface area (Å²) in [6.07, 6.45) is 7.46. The Balaban J connectivity index is 2.04. The Morgan fingerprint density at radius 3 is 2.83 bits per heavy atom. The zero-order chi connectivity index (χ0) is 16.9. The second kappa shape index (κ2) is 8.08. The molecule has 0 aliphatic carbocycles. The van der Waals surface area contributed by atoms with Crippen molar-refractivity contribution in [3.8, 4) is 0 Å². The number of aryl methyl sites for hydroxylation is 1. The molecule has 0 unspecified atom stereocenters. The van der Waals surface area contributed by atoms with Crippen molar-refractivity contribution >= 4 is 0 Å². The van der Waals surface area contributed by atoms with Crippen molar-refractivity contribution in [3.63, 3.8) is 0 Å². The van der Waals surface area contributed by atoms with Gasteiger partial charge in [0.15, 0.2) is 0 Å². The van der Waals surface area contributed by atoms with Gasteiger partial charge in [0.2, 0.25) is 0 Å². The molecule has 1 aromatic rings. The Bertz CT molecular complexity index is 534. The number of hydrogen-bond donors (Lipinski definition) is 2. The molecule has 0 amide bonds. The van der Waals surface area contributed by atoms with Gasteiger partial charge in [-0.05, 0) is 46.6 Å². The molecule has 1 aliphatic heterocycles. The maximum Gasteiger partial charge on any atom is 0.0641 e. The first-order valence-electron chi connectivity index (χ1n) is 8.58. The molecule has 0 saturated carbocycles. The number of piperidine rings is 1. The largest absolute Gasteiger partial charge is 0.396 e. The molecule has 2 N–H and O–H groups in total. The summed E-state index contributed by atoms with van der Waals surface area (Å²) in [6, 6.07) is 0. The molecule has 2 heterocycles. The van der Waals surface area contributed by atoms with Crippen molar-refractivity contribution in [2.24, 2.45) is 5.41 Å². The minimum Gasteiger partial charge on any atom is -0.396 e. The normalized spacial score (nSPS) is 22.3. The molecule has 0 aromatic carbocycles. The van der Waals surface area contributed by atoms with Crippen molar-refractivity contribution in [3.05, 3.63) is 29.1 Å². The summed E-state index contributed by atoms with van der Waals surface area (Å²) in [5.41, 5.74) is 3.55. The van der Waals surface area contributed by atoms with E-state index in [0.29, 0.717) is 6.54 Å². The van der Waals surface area contributed by atoms with E-state index in [1.807, 2.05) is 17.8 Å². The minimum absolute atomic E-state index is 0.00941. The van der Waals surface area contributed by atoms with Crippen LogP contribution < -0.4 is 0 Å². The van der Waals surface area contributed by atoms with Crippen LogP contribution in [0.4, 0.5) is 0 Å². The fourth-order valence-electron chi connectivity index (χ4n) is 3.40. The molecule has 5 nitrogen and oxygen atoms in total. The van der Waals surface area contributed by atoms with Crippen molar-refractivity contribution in [2.75, 3.05) is 26.3 Å². The SMILES string of the molecule is CC(C)=CC[C@@]1(CO)CCCN(Cc2cn(CCO)nc2C)C1. The predicted molar refractivity (Wildman–Crippen MR) is 92.1 cm³/mol. The Morgan fingerprint density at radius 1 is 1.39 bits per heavy atom. The van der Waals surface area contributed by atoms with Crippen LogP contribution in [0.1, 0.15) is 44.4 Å². The standard InChI is InChI=1S/C18H31N3O2/c1-15(2)5-7-18(14-23)6-4-8-20(13-18)11-17-12-21(9-10-22)19-16(17)3/h5,12,22-23H,4,6-11,13-14H2,1-3H3/t18-/m0/s1. The maximum absolute atomic E-state index is 9.97.